The van der Waals surface area contributed by atoms with Crippen LogP contribution < -0.4 is 4.74 Å². The molecule has 1 aromatic carbocycles. The van der Waals surface area contributed by atoms with Gasteiger partial charge in [-0.3, -0.25) is 14.2 Å². The van der Waals surface area contributed by atoms with Crippen LogP contribution in [0.3, 0.4) is 0 Å². The minimum absolute atomic E-state index is 0.0645. The summed E-state index contributed by atoms with van der Waals surface area (Å²) in [7, 11) is -1.92. The van der Waals surface area contributed by atoms with Gasteiger partial charge in [-0.15, -0.1) is 0 Å². The second kappa shape index (κ2) is 10.3. The highest BCUT2D eigenvalue weighted by Gasteiger charge is 2.37. The molecular weight excluding hydrogens is 556 g/mol. The Morgan fingerprint density at radius 2 is 1.85 bits per heavy atom. The fourth-order valence-corrected chi connectivity index (χ4v) is 5.96. The molecule has 0 spiro atoms. The summed E-state index contributed by atoms with van der Waals surface area (Å²) >= 11 is 6.03. The predicted molar refractivity (Wildman–Crippen MR) is 147 cm³/mol. The Morgan fingerprint density at radius 1 is 1.12 bits per heavy atom. The first-order valence-electron chi connectivity index (χ1n) is 12.8. The molecule has 1 saturated carbocycles. The third-order valence-corrected chi connectivity index (χ3v) is 8.34. The molecule has 0 N–H and O–H groups in total. The lowest BCUT2D eigenvalue weighted by molar-refractivity contribution is 0.0715. The maximum atomic E-state index is 14.3. The van der Waals surface area contributed by atoms with Gasteiger partial charge in [0.25, 0.3) is 0 Å². The second-order valence-corrected chi connectivity index (χ2v) is 12.4. The molecule has 40 heavy (non-hydrogen) atoms. The average molecular weight is 585 g/mol. The molecule has 1 aliphatic rings. The number of sulfone groups is 1. The van der Waals surface area contributed by atoms with Crippen molar-refractivity contribution in [1.82, 2.24) is 29.3 Å². The molecule has 0 bridgehead atoms. The number of esters is 1. The minimum Gasteiger partial charge on any atom is -0.403 e. The molecule has 1 aliphatic carbocycles. The number of carbonyl (C=O) groups is 2. The molecule has 0 amide bonds. The Kier molecular flexibility index (Phi) is 7.17. The number of aryl methyl sites for hydroxylation is 3. The van der Waals surface area contributed by atoms with E-state index in [9.17, 15) is 18.0 Å². The molecule has 3 heterocycles. The van der Waals surface area contributed by atoms with Gasteiger partial charge < -0.3 is 4.74 Å². The lowest BCUT2D eigenvalue weighted by Gasteiger charge is -2.16. The maximum absolute atomic E-state index is 14.3. The van der Waals surface area contributed by atoms with E-state index in [0.29, 0.717) is 34.1 Å². The zero-order valence-corrected chi connectivity index (χ0v) is 24.4. The van der Waals surface area contributed by atoms with Gasteiger partial charge >= 0.3 is 5.97 Å². The van der Waals surface area contributed by atoms with Crippen molar-refractivity contribution < 1.29 is 22.7 Å². The molecule has 13 heteroatoms. The number of hydrogen-bond donors (Lipinski definition) is 0. The van der Waals surface area contributed by atoms with E-state index in [4.69, 9.17) is 16.3 Å². The predicted octanol–water partition coefficient (Wildman–Crippen LogP) is 3.88. The Balaban J connectivity index is 1.63. The highest BCUT2D eigenvalue weighted by atomic mass is 35.5. The van der Waals surface area contributed by atoms with Crippen LogP contribution in [0, 0.1) is 13.8 Å². The van der Waals surface area contributed by atoms with Gasteiger partial charge in [0.15, 0.2) is 9.84 Å². The molecule has 0 unspecified atom stereocenters. The summed E-state index contributed by atoms with van der Waals surface area (Å²) < 4.78 is 35.8. The number of hydrogen-bond acceptors (Lipinski definition) is 8. The molecule has 0 atom stereocenters. The summed E-state index contributed by atoms with van der Waals surface area (Å²) in [6.45, 7) is 5.72. The van der Waals surface area contributed by atoms with E-state index >= 15 is 0 Å². The van der Waals surface area contributed by atoms with Crippen LogP contribution >= 0.6 is 11.6 Å². The number of carbonyl (C=O) groups excluding carboxylic acids is 2. The van der Waals surface area contributed by atoms with Crippen molar-refractivity contribution in [3.63, 3.8) is 0 Å². The highest BCUT2D eigenvalue weighted by molar-refractivity contribution is 7.90. The summed E-state index contributed by atoms with van der Waals surface area (Å²) in [6.07, 6.45) is 7.46. The Bertz CT molecular complexity index is 1760. The fourth-order valence-electron chi connectivity index (χ4n) is 4.82. The maximum Gasteiger partial charge on any atom is 0.348 e. The molecular formula is C27H29ClN6O5S. The van der Waals surface area contributed by atoms with Crippen LogP contribution in [0.15, 0.2) is 35.6 Å². The van der Waals surface area contributed by atoms with E-state index in [0.717, 1.165) is 19.1 Å². The first-order valence-corrected chi connectivity index (χ1v) is 15.0. The number of nitrogens with zero attached hydrogens (tertiary/aromatic N) is 6. The van der Waals surface area contributed by atoms with E-state index < -0.39 is 21.6 Å². The SMILES string of the molecule is CCn1nc(C2CC2)c(C(=O)c2ccc(S(C)(=O)=O)c(Cn3cc(Cl)cn3)c2C)c1OC(=O)c1cn(C)nc1C. The van der Waals surface area contributed by atoms with Crippen LogP contribution in [0.2, 0.25) is 5.02 Å². The monoisotopic (exact) mass is 584 g/mol. The average Bonchev–Trinajstić information content (AvgIpc) is 3.42. The van der Waals surface area contributed by atoms with Crippen molar-refractivity contribution in [2.24, 2.45) is 7.05 Å². The van der Waals surface area contributed by atoms with Crippen molar-refractivity contribution in [1.29, 1.82) is 0 Å². The Labute approximate surface area is 236 Å². The van der Waals surface area contributed by atoms with E-state index in [1.165, 1.54) is 32.4 Å². The zero-order valence-electron chi connectivity index (χ0n) is 22.8. The number of benzene rings is 1. The number of rotatable bonds is 9. The van der Waals surface area contributed by atoms with Gasteiger partial charge in [0.05, 0.1) is 34.0 Å². The van der Waals surface area contributed by atoms with Gasteiger partial charge in [0, 0.05) is 43.7 Å². The lowest BCUT2D eigenvalue weighted by Crippen LogP contribution is -2.17. The summed E-state index contributed by atoms with van der Waals surface area (Å²) in [5.41, 5.74) is 2.76. The third kappa shape index (κ3) is 5.20. The fraction of sp³-hybridized carbons (Fsp3) is 0.370. The minimum atomic E-state index is -3.62. The van der Waals surface area contributed by atoms with E-state index in [1.54, 1.807) is 33.3 Å². The van der Waals surface area contributed by atoms with Crippen molar-refractivity contribution in [2.45, 2.75) is 57.5 Å². The smallest absolute Gasteiger partial charge is 0.348 e. The third-order valence-electron chi connectivity index (χ3n) is 6.97. The van der Waals surface area contributed by atoms with Crippen molar-refractivity contribution in [3.05, 3.63) is 75.0 Å². The molecule has 0 saturated heterocycles. The molecule has 0 radical (unpaired) electrons. The number of aromatic nitrogens is 6. The number of halogens is 1. The van der Waals surface area contributed by atoms with E-state index in [1.807, 2.05) is 6.92 Å². The quantitative estimate of drug-likeness (QED) is 0.214. The molecule has 11 nitrogen and oxygen atoms in total. The topological polar surface area (TPSA) is 131 Å². The van der Waals surface area contributed by atoms with Crippen molar-refractivity contribution in [2.75, 3.05) is 6.26 Å². The molecule has 5 rings (SSSR count). The van der Waals surface area contributed by atoms with Crippen LogP contribution in [0.4, 0.5) is 0 Å². The van der Waals surface area contributed by atoms with Gasteiger partial charge in [-0.1, -0.05) is 11.6 Å². The van der Waals surface area contributed by atoms with E-state index in [2.05, 4.69) is 15.3 Å². The molecule has 1 fully saturated rings. The summed E-state index contributed by atoms with van der Waals surface area (Å²) in [5, 5.41) is 13.5. The molecule has 210 valence electrons. The van der Waals surface area contributed by atoms with Crippen LogP contribution in [0.25, 0.3) is 0 Å². The first-order chi connectivity index (χ1) is 18.9. The van der Waals surface area contributed by atoms with E-state index in [-0.39, 0.29) is 39.9 Å². The number of ether oxygens (including phenoxy) is 1. The summed E-state index contributed by atoms with van der Waals surface area (Å²) in [4.78, 5) is 27.6. The Hall–Kier alpha value is -3.77. The normalized spacial score (nSPS) is 13.6. The van der Waals surface area contributed by atoms with Gasteiger partial charge in [-0.25, -0.2) is 17.9 Å². The summed E-state index contributed by atoms with van der Waals surface area (Å²) in [6, 6.07) is 2.94. The van der Waals surface area contributed by atoms with Crippen LogP contribution in [-0.4, -0.2) is 55.8 Å². The number of ketones is 1. The zero-order chi connectivity index (χ0) is 28.9. The molecule has 4 aromatic rings. The van der Waals surface area contributed by atoms with Gasteiger partial charge in [-0.05, 0) is 56.9 Å². The van der Waals surface area contributed by atoms with Gasteiger partial charge in [0.1, 0.15) is 11.1 Å². The van der Waals surface area contributed by atoms with Gasteiger partial charge in [-0.2, -0.15) is 15.3 Å². The molecule has 3 aromatic heterocycles. The highest BCUT2D eigenvalue weighted by Crippen LogP contribution is 2.44. The standard InChI is InChI=1S/C27H29ClN6O5S/c1-6-34-26(39-27(36)21-13-32(4)30-16(21)3)23(24(31-34)17-7-8-17)25(35)19-9-10-22(40(5,37)38)20(15(19)2)14-33-12-18(28)11-29-33/h9-13,17H,6-8,14H2,1-5H3. The van der Waals surface area contributed by atoms with Crippen molar-refractivity contribution >= 4 is 33.2 Å². The second-order valence-electron chi connectivity index (χ2n) is 10.0. The van der Waals surface area contributed by atoms with Gasteiger partial charge in [0.2, 0.25) is 11.7 Å². The van der Waals surface area contributed by atoms with Crippen LogP contribution in [0.1, 0.15) is 74.5 Å². The van der Waals surface area contributed by atoms with Crippen LogP contribution in [0.5, 0.6) is 5.88 Å². The first kappa shape index (κ1) is 27.8. The lowest BCUT2D eigenvalue weighted by atomic mass is 9.94. The Morgan fingerprint density at radius 3 is 2.40 bits per heavy atom. The largest absolute Gasteiger partial charge is 0.403 e. The van der Waals surface area contributed by atoms with Crippen LogP contribution in [-0.2, 0) is 30.0 Å². The molecule has 0 aliphatic heterocycles. The summed E-state index contributed by atoms with van der Waals surface area (Å²) in [5.74, 6) is -0.901. The van der Waals surface area contributed by atoms with Crippen molar-refractivity contribution in [3.8, 4) is 5.88 Å².